The molecular weight excluding hydrogens is 278 g/mol. The van der Waals surface area contributed by atoms with Gasteiger partial charge < -0.3 is 10.0 Å². The van der Waals surface area contributed by atoms with E-state index in [1.165, 1.54) is 4.90 Å². The van der Waals surface area contributed by atoms with Crippen LogP contribution in [-0.2, 0) is 0 Å². The molecule has 2 aromatic rings. The highest BCUT2D eigenvalue weighted by Gasteiger charge is 2.25. The van der Waals surface area contributed by atoms with Crippen molar-refractivity contribution in [3.63, 3.8) is 0 Å². The molecule has 0 spiro atoms. The summed E-state index contributed by atoms with van der Waals surface area (Å²) in [6.45, 7) is 0.811. The number of phenolic OH excluding ortho intramolecular Hbond substituents is 1. The minimum Gasteiger partial charge on any atom is -0.506 e. The van der Waals surface area contributed by atoms with Gasteiger partial charge in [-0.3, -0.25) is 0 Å². The molecule has 0 saturated heterocycles. The molecule has 2 aromatic carbocycles. The van der Waals surface area contributed by atoms with E-state index < -0.39 is 0 Å². The van der Waals surface area contributed by atoms with Gasteiger partial charge in [-0.05, 0) is 30.7 Å². The Hall–Kier alpha value is -1.32. The largest absolute Gasteiger partial charge is 0.506 e. The van der Waals surface area contributed by atoms with Crippen molar-refractivity contribution in [2.24, 2.45) is 0 Å². The minimum atomic E-state index is 0.328. The Labute approximate surface area is 122 Å². The molecule has 0 bridgehead atoms. The first kappa shape index (κ1) is 12.7. The SMILES string of the molecule is Oc1cccc2c1N(CCCCl)c1ccccc1S2. The minimum absolute atomic E-state index is 0.328. The summed E-state index contributed by atoms with van der Waals surface area (Å²) in [6.07, 6.45) is 0.883. The van der Waals surface area contributed by atoms with Crippen LogP contribution in [-0.4, -0.2) is 17.5 Å². The number of fused-ring (bicyclic) bond motifs is 2. The molecule has 0 saturated carbocycles. The maximum Gasteiger partial charge on any atom is 0.140 e. The molecule has 2 nitrogen and oxygen atoms in total. The normalized spacial score (nSPS) is 13.0. The molecule has 3 rings (SSSR count). The molecule has 0 fully saturated rings. The molecule has 1 heterocycles. The summed E-state index contributed by atoms with van der Waals surface area (Å²) in [4.78, 5) is 4.47. The number of anilines is 2. The lowest BCUT2D eigenvalue weighted by Gasteiger charge is -2.33. The number of hydrogen-bond acceptors (Lipinski definition) is 3. The Morgan fingerprint density at radius 2 is 1.84 bits per heavy atom. The molecule has 19 heavy (non-hydrogen) atoms. The lowest BCUT2D eigenvalue weighted by Crippen LogP contribution is -2.22. The van der Waals surface area contributed by atoms with E-state index in [-0.39, 0.29) is 0 Å². The van der Waals surface area contributed by atoms with Crippen LogP contribution < -0.4 is 4.90 Å². The van der Waals surface area contributed by atoms with Crippen molar-refractivity contribution >= 4 is 34.7 Å². The van der Waals surface area contributed by atoms with Crippen molar-refractivity contribution in [3.8, 4) is 5.75 Å². The predicted octanol–water partition coefficient (Wildman–Crippen LogP) is 4.62. The summed E-state index contributed by atoms with van der Waals surface area (Å²) in [7, 11) is 0. The second-order valence-electron chi connectivity index (χ2n) is 4.39. The molecule has 1 N–H and O–H groups in total. The van der Waals surface area contributed by atoms with Crippen LogP contribution in [0.3, 0.4) is 0 Å². The first-order valence-corrected chi connectivity index (χ1v) is 7.58. The van der Waals surface area contributed by atoms with E-state index in [9.17, 15) is 5.11 Å². The summed E-state index contributed by atoms with van der Waals surface area (Å²) in [5, 5.41) is 10.2. The molecule has 1 aliphatic heterocycles. The number of hydrogen-bond donors (Lipinski definition) is 1. The summed E-state index contributed by atoms with van der Waals surface area (Å²) < 4.78 is 0. The number of para-hydroxylation sites is 2. The Bertz CT molecular complexity index is 602. The Morgan fingerprint density at radius 1 is 1.05 bits per heavy atom. The third-order valence-electron chi connectivity index (χ3n) is 3.14. The van der Waals surface area contributed by atoms with E-state index in [0.717, 1.165) is 29.2 Å². The van der Waals surface area contributed by atoms with E-state index in [2.05, 4.69) is 17.0 Å². The molecule has 4 heteroatoms. The van der Waals surface area contributed by atoms with Gasteiger partial charge in [-0.2, -0.15) is 0 Å². The maximum atomic E-state index is 10.2. The molecule has 0 radical (unpaired) electrons. The van der Waals surface area contributed by atoms with Gasteiger partial charge in [-0.25, -0.2) is 0 Å². The number of halogens is 1. The van der Waals surface area contributed by atoms with Gasteiger partial charge in [0.15, 0.2) is 0 Å². The lowest BCUT2D eigenvalue weighted by molar-refractivity contribution is 0.473. The fourth-order valence-corrected chi connectivity index (χ4v) is 3.56. The first-order chi connectivity index (χ1) is 9.31. The molecule has 98 valence electrons. The van der Waals surface area contributed by atoms with Crippen molar-refractivity contribution in [2.75, 3.05) is 17.3 Å². The van der Waals surface area contributed by atoms with Crippen LogP contribution in [0.2, 0.25) is 0 Å². The van der Waals surface area contributed by atoms with Crippen LogP contribution in [0.25, 0.3) is 0 Å². The van der Waals surface area contributed by atoms with Gasteiger partial charge in [0.2, 0.25) is 0 Å². The molecular formula is C15H14ClNOS. The van der Waals surface area contributed by atoms with Crippen molar-refractivity contribution in [2.45, 2.75) is 16.2 Å². The van der Waals surface area contributed by atoms with E-state index in [1.54, 1.807) is 17.8 Å². The van der Waals surface area contributed by atoms with Crippen LogP contribution in [0.5, 0.6) is 5.75 Å². The van der Waals surface area contributed by atoms with Gasteiger partial charge in [0.1, 0.15) is 5.75 Å². The van der Waals surface area contributed by atoms with Crippen molar-refractivity contribution in [3.05, 3.63) is 42.5 Å². The van der Waals surface area contributed by atoms with Crippen LogP contribution >= 0.6 is 23.4 Å². The fourth-order valence-electron chi connectivity index (χ4n) is 2.32. The zero-order chi connectivity index (χ0) is 13.2. The standard InChI is InChI=1S/C15H14ClNOS/c16-9-4-10-17-11-5-1-2-7-13(11)19-14-8-3-6-12(18)15(14)17/h1-3,5-8,18H,4,9-10H2. The molecule has 1 aliphatic rings. The van der Waals surface area contributed by atoms with E-state index in [0.29, 0.717) is 11.6 Å². The van der Waals surface area contributed by atoms with Gasteiger partial charge in [-0.15, -0.1) is 11.6 Å². The number of nitrogens with zero attached hydrogens (tertiary/aromatic N) is 1. The second kappa shape index (κ2) is 5.35. The number of phenols is 1. The van der Waals surface area contributed by atoms with Crippen LogP contribution in [0, 0.1) is 0 Å². The van der Waals surface area contributed by atoms with E-state index in [1.807, 2.05) is 24.3 Å². The van der Waals surface area contributed by atoms with Crippen molar-refractivity contribution < 1.29 is 5.11 Å². The molecule has 0 unspecified atom stereocenters. The quantitative estimate of drug-likeness (QED) is 0.835. The Kier molecular flexibility index (Phi) is 3.58. The molecule has 0 atom stereocenters. The monoisotopic (exact) mass is 291 g/mol. The van der Waals surface area contributed by atoms with Gasteiger partial charge >= 0.3 is 0 Å². The number of rotatable bonds is 3. The Morgan fingerprint density at radius 3 is 2.68 bits per heavy atom. The molecule has 0 aromatic heterocycles. The highest BCUT2D eigenvalue weighted by Crippen LogP contribution is 2.51. The molecule has 0 aliphatic carbocycles. The third kappa shape index (κ3) is 2.28. The summed E-state index contributed by atoms with van der Waals surface area (Å²) in [5.41, 5.74) is 2.04. The van der Waals surface area contributed by atoms with Gasteiger partial charge in [0, 0.05) is 22.2 Å². The Balaban J connectivity index is 2.11. The average molecular weight is 292 g/mol. The first-order valence-electron chi connectivity index (χ1n) is 6.23. The topological polar surface area (TPSA) is 23.5 Å². The zero-order valence-corrected chi connectivity index (χ0v) is 11.9. The van der Waals surface area contributed by atoms with Gasteiger partial charge in [0.05, 0.1) is 11.4 Å². The summed E-state index contributed by atoms with van der Waals surface area (Å²) in [6, 6.07) is 13.9. The smallest absolute Gasteiger partial charge is 0.140 e. The van der Waals surface area contributed by atoms with Crippen molar-refractivity contribution in [1.29, 1.82) is 0 Å². The van der Waals surface area contributed by atoms with E-state index in [4.69, 9.17) is 11.6 Å². The second-order valence-corrected chi connectivity index (χ2v) is 5.85. The lowest BCUT2D eigenvalue weighted by atomic mass is 10.2. The van der Waals surface area contributed by atoms with Gasteiger partial charge in [0.25, 0.3) is 0 Å². The number of benzene rings is 2. The summed E-state index contributed by atoms with van der Waals surface area (Å²) >= 11 is 7.52. The maximum absolute atomic E-state index is 10.2. The predicted molar refractivity (Wildman–Crippen MR) is 81.0 cm³/mol. The fraction of sp³-hybridized carbons (Fsp3) is 0.200. The highest BCUT2D eigenvalue weighted by molar-refractivity contribution is 7.99. The number of alkyl halides is 1. The van der Waals surface area contributed by atoms with Gasteiger partial charge in [-0.1, -0.05) is 30.0 Å². The van der Waals surface area contributed by atoms with E-state index >= 15 is 0 Å². The van der Waals surface area contributed by atoms with Crippen LogP contribution in [0.15, 0.2) is 52.3 Å². The number of aromatic hydroxyl groups is 1. The van der Waals surface area contributed by atoms with Crippen molar-refractivity contribution in [1.82, 2.24) is 0 Å². The van der Waals surface area contributed by atoms with Crippen LogP contribution in [0.1, 0.15) is 6.42 Å². The highest BCUT2D eigenvalue weighted by atomic mass is 35.5. The average Bonchev–Trinajstić information content (AvgIpc) is 2.44. The summed E-state index contributed by atoms with van der Waals surface area (Å²) in [5.74, 6) is 0.948. The zero-order valence-electron chi connectivity index (χ0n) is 10.3. The third-order valence-corrected chi connectivity index (χ3v) is 4.52. The van der Waals surface area contributed by atoms with Crippen LogP contribution in [0.4, 0.5) is 11.4 Å². The molecule has 0 amide bonds.